The molecule has 0 saturated heterocycles. The Morgan fingerprint density at radius 3 is 2.57 bits per heavy atom. The number of rotatable bonds is 8. The van der Waals surface area contributed by atoms with Gasteiger partial charge in [-0.15, -0.1) is 11.3 Å². The van der Waals surface area contributed by atoms with Gasteiger partial charge in [-0.25, -0.2) is 4.98 Å². The van der Waals surface area contributed by atoms with Crippen molar-refractivity contribution in [1.29, 1.82) is 0 Å². The third-order valence-electron chi connectivity index (χ3n) is 5.49. The van der Waals surface area contributed by atoms with Crippen LogP contribution in [0.3, 0.4) is 0 Å². The Kier molecular flexibility index (Phi) is 7.19. The number of carbonyl (C=O) groups is 1. The second kappa shape index (κ2) is 10.3. The third-order valence-corrected chi connectivity index (χ3v) is 6.97. The summed E-state index contributed by atoms with van der Waals surface area (Å²) in [4.78, 5) is 18.1. The smallest absolute Gasteiger partial charge is 0.262 e. The molecule has 0 unspecified atom stereocenters. The zero-order valence-corrected chi connectivity index (χ0v) is 20.7. The standard InChI is InChI=1S/C27H23ClFN3O2S/c1-4-32(22-11-9-18(13-16(22)2)19-10-12-24(29)31-15-19)25-14-23(26(35-25)27(30)33)34-17(3)20-7-5-6-8-21(20)28/h4-15,17H,1H2,2-3H3,(H2,30,33)/t17-/m1/s1. The predicted molar refractivity (Wildman–Crippen MR) is 140 cm³/mol. The SMILES string of the molecule is C=CN(c1cc(O[C@H](C)c2ccccc2Cl)c(C(N)=O)s1)c1ccc(-c2ccc(F)nc2)cc1C. The van der Waals surface area contributed by atoms with Gasteiger partial charge in [-0.1, -0.05) is 42.4 Å². The van der Waals surface area contributed by atoms with E-state index >= 15 is 0 Å². The maximum atomic E-state index is 13.2. The lowest BCUT2D eigenvalue weighted by atomic mass is 10.0. The van der Waals surface area contributed by atoms with E-state index in [2.05, 4.69) is 11.6 Å². The van der Waals surface area contributed by atoms with Crippen LogP contribution in [-0.4, -0.2) is 10.9 Å². The van der Waals surface area contributed by atoms with Gasteiger partial charge in [-0.2, -0.15) is 4.39 Å². The lowest BCUT2D eigenvalue weighted by Gasteiger charge is -2.21. The van der Waals surface area contributed by atoms with Crippen LogP contribution in [0.4, 0.5) is 15.1 Å². The Labute approximate surface area is 212 Å². The number of nitrogens with zero attached hydrogens (tertiary/aromatic N) is 2. The number of hydrogen-bond donors (Lipinski definition) is 1. The second-order valence-corrected chi connectivity index (χ2v) is 9.29. The van der Waals surface area contributed by atoms with Crippen molar-refractivity contribution < 1.29 is 13.9 Å². The van der Waals surface area contributed by atoms with Crippen molar-refractivity contribution in [3.8, 4) is 16.9 Å². The molecule has 4 rings (SSSR count). The summed E-state index contributed by atoms with van der Waals surface area (Å²) < 4.78 is 19.3. The fourth-order valence-corrected chi connectivity index (χ4v) is 5.00. The van der Waals surface area contributed by atoms with E-state index in [0.29, 0.717) is 15.6 Å². The van der Waals surface area contributed by atoms with E-state index in [1.54, 1.807) is 24.4 Å². The highest BCUT2D eigenvalue weighted by Crippen LogP contribution is 2.42. The van der Waals surface area contributed by atoms with Gasteiger partial charge in [-0.3, -0.25) is 4.79 Å². The van der Waals surface area contributed by atoms with Gasteiger partial charge in [0.05, 0.1) is 0 Å². The largest absolute Gasteiger partial charge is 0.484 e. The molecule has 178 valence electrons. The summed E-state index contributed by atoms with van der Waals surface area (Å²) >= 11 is 7.53. The number of halogens is 2. The second-order valence-electron chi connectivity index (χ2n) is 7.85. The Morgan fingerprint density at radius 1 is 1.20 bits per heavy atom. The molecule has 0 radical (unpaired) electrons. The van der Waals surface area contributed by atoms with Gasteiger partial charge in [0, 0.05) is 40.3 Å². The minimum absolute atomic E-state index is 0.303. The molecule has 0 aliphatic heterocycles. The molecule has 1 amide bonds. The zero-order valence-electron chi connectivity index (χ0n) is 19.2. The molecular weight excluding hydrogens is 485 g/mol. The Balaban J connectivity index is 1.67. The number of primary amides is 1. The summed E-state index contributed by atoms with van der Waals surface area (Å²) in [6, 6.07) is 18.0. The van der Waals surface area contributed by atoms with Crippen molar-refractivity contribution in [3.05, 3.63) is 107 Å². The van der Waals surface area contributed by atoms with Gasteiger partial charge in [0.2, 0.25) is 5.95 Å². The van der Waals surface area contributed by atoms with Crippen LogP contribution < -0.4 is 15.4 Å². The third kappa shape index (κ3) is 5.21. The number of carbonyl (C=O) groups excluding carboxylic acids is 1. The fraction of sp³-hybridized carbons (Fsp3) is 0.111. The highest BCUT2D eigenvalue weighted by Gasteiger charge is 2.22. The van der Waals surface area contributed by atoms with E-state index in [0.717, 1.165) is 32.9 Å². The van der Waals surface area contributed by atoms with Crippen LogP contribution in [0.15, 0.2) is 79.6 Å². The minimum atomic E-state index is -0.581. The monoisotopic (exact) mass is 507 g/mol. The maximum absolute atomic E-state index is 13.2. The van der Waals surface area contributed by atoms with Gasteiger partial charge in [0.15, 0.2) is 0 Å². The average molecular weight is 508 g/mol. The number of benzene rings is 2. The molecule has 2 N–H and O–H groups in total. The molecule has 1 atom stereocenters. The number of anilines is 2. The first-order valence-electron chi connectivity index (χ1n) is 10.8. The zero-order chi connectivity index (χ0) is 25.1. The quantitative estimate of drug-likeness (QED) is 0.252. The lowest BCUT2D eigenvalue weighted by Crippen LogP contribution is -2.12. The molecule has 0 bridgehead atoms. The van der Waals surface area contributed by atoms with Gasteiger partial charge in [-0.05, 0) is 55.3 Å². The molecule has 0 aliphatic rings. The van der Waals surface area contributed by atoms with Crippen LogP contribution in [0.1, 0.15) is 33.8 Å². The molecule has 8 heteroatoms. The van der Waals surface area contributed by atoms with Crippen LogP contribution in [0.5, 0.6) is 5.75 Å². The number of ether oxygens (including phenoxy) is 1. The normalized spacial score (nSPS) is 11.7. The number of amides is 1. The first-order valence-corrected chi connectivity index (χ1v) is 12.0. The van der Waals surface area contributed by atoms with E-state index in [-0.39, 0.29) is 0 Å². The number of aryl methyl sites for hydroxylation is 1. The van der Waals surface area contributed by atoms with Crippen molar-refractivity contribution in [2.45, 2.75) is 20.0 Å². The Bertz CT molecular complexity index is 1390. The first-order chi connectivity index (χ1) is 16.8. The molecule has 35 heavy (non-hydrogen) atoms. The van der Waals surface area contributed by atoms with Crippen molar-refractivity contribution in [2.24, 2.45) is 5.73 Å². The maximum Gasteiger partial charge on any atom is 0.262 e. The molecule has 2 aromatic heterocycles. The number of hydrogen-bond acceptors (Lipinski definition) is 5. The molecule has 0 fully saturated rings. The average Bonchev–Trinajstić information content (AvgIpc) is 3.25. The lowest BCUT2D eigenvalue weighted by molar-refractivity contribution is 0.0998. The van der Waals surface area contributed by atoms with Crippen molar-refractivity contribution in [2.75, 3.05) is 4.90 Å². The van der Waals surface area contributed by atoms with E-state index in [4.69, 9.17) is 22.1 Å². The summed E-state index contributed by atoms with van der Waals surface area (Å²) in [6.45, 7) is 7.78. The van der Waals surface area contributed by atoms with Gasteiger partial charge >= 0.3 is 0 Å². The number of nitrogens with two attached hydrogens (primary N) is 1. The van der Waals surface area contributed by atoms with Crippen LogP contribution in [-0.2, 0) is 0 Å². The predicted octanol–water partition coefficient (Wildman–Crippen LogP) is 7.43. The summed E-state index contributed by atoms with van der Waals surface area (Å²) in [5.74, 6) is -0.726. The summed E-state index contributed by atoms with van der Waals surface area (Å²) in [5.41, 5.74) is 10.0. The fourth-order valence-electron chi connectivity index (χ4n) is 3.76. The molecule has 2 heterocycles. The highest BCUT2D eigenvalue weighted by atomic mass is 35.5. The minimum Gasteiger partial charge on any atom is -0.484 e. The number of pyridine rings is 1. The molecule has 2 aromatic carbocycles. The van der Waals surface area contributed by atoms with Crippen molar-refractivity contribution >= 4 is 39.5 Å². The van der Waals surface area contributed by atoms with Gasteiger partial charge < -0.3 is 15.4 Å². The Morgan fingerprint density at radius 2 is 1.94 bits per heavy atom. The molecule has 4 aromatic rings. The van der Waals surface area contributed by atoms with Gasteiger partial charge in [0.25, 0.3) is 5.91 Å². The first kappa shape index (κ1) is 24.4. The molecular formula is C27H23ClFN3O2S. The summed E-state index contributed by atoms with van der Waals surface area (Å²) in [6.07, 6.45) is 2.77. The topological polar surface area (TPSA) is 68.5 Å². The molecule has 0 saturated carbocycles. The van der Waals surface area contributed by atoms with Crippen LogP contribution in [0, 0.1) is 12.9 Å². The highest BCUT2D eigenvalue weighted by molar-refractivity contribution is 7.18. The van der Waals surface area contributed by atoms with Gasteiger partial charge in [0.1, 0.15) is 21.7 Å². The number of aromatic nitrogens is 1. The Hall–Kier alpha value is -3.68. The number of thiophene rings is 1. The summed E-state index contributed by atoms with van der Waals surface area (Å²) in [7, 11) is 0. The van der Waals surface area contributed by atoms with Crippen LogP contribution in [0.25, 0.3) is 11.1 Å². The van der Waals surface area contributed by atoms with E-state index in [1.807, 2.05) is 55.1 Å². The van der Waals surface area contributed by atoms with E-state index < -0.39 is 18.0 Å². The van der Waals surface area contributed by atoms with E-state index in [9.17, 15) is 9.18 Å². The van der Waals surface area contributed by atoms with E-state index in [1.165, 1.54) is 23.6 Å². The molecule has 5 nitrogen and oxygen atoms in total. The van der Waals surface area contributed by atoms with Crippen molar-refractivity contribution in [1.82, 2.24) is 4.98 Å². The van der Waals surface area contributed by atoms with Crippen LogP contribution in [0.2, 0.25) is 5.02 Å². The molecule has 0 aliphatic carbocycles. The van der Waals surface area contributed by atoms with Crippen molar-refractivity contribution in [3.63, 3.8) is 0 Å². The summed E-state index contributed by atoms with van der Waals surface area (Å²) in [5, 5.41) is 1.30. The molecule has 0 spiro atoms. The van der Waals surface area contributed by atoms with Crippen LogP contribution >= 0.6 is 22.9 Å².